The average molecular weight is 364 g/mol. The van der Waals surface area contributed by atoms with Gasteiger partial charge < -0.3 is 0 Å². The first kappa shape index (κ1) is 17.3. The molecule has 6 nitrogen and oxygen atoms in total. The normalized spacial score (nSPS) is 22.4. The van der Waals surface area contributed by atoms with Gasteiger partial charge in [0.05, 0.1) is 4.90 Å². The van der Waals surface area contributed by atoms with Crippen LogP contribution >= 0.6 is 18.0 Å². The van der Waals surface area contributed by atoms with Gasteiger partial charge in [0.25, 0.3) is 10.0 Å². The van der Waals surface area contributed by atoms with Crippen LogP contribution in [0, 0.1) is 12.8 Å². The van der Waals surface area contributed by atoms with Crippen LogP contribution in [0.3, 0.4) is 0 Å². The highest BCUT2D eigenvalue weighted by atomic mass is 35.7. The van der Waals surface area contributed by atoms with E-state index in [1.807, 2.05) is 20.8 Å². The van der Waals surface area contributed by atoms with Crippen molar-refractivity contribution in [1.82, 2.24) is 8.86 Å². The van der Waals surface area contributed by atoms with Gasteiger partial charge in [0, 0.05) is 6.54 Å². The number of hydrazone groups is 1. The van der Waals surface area contributed by atoms with E-state index in [-0.39, 0.29) is 10.8 Å². The molecule has 2 rings (SSSR count). The van der Waals surface area contributed by atoms with Crippen molar-refractivity contribution in [3.8, 4) is 0 Å². The van der Waals surface area contributed by atoms with E-state index in [0.29, 0.717) is 16.6 Å². The van der Waals surface area contributed by atoms with E-state index in [9.17, 15) is 13.0 Å². The monoisotopic (exact) mass is 363 g/mol. The first-order valence-electron chi connectivity index (χ1n) is 6.82. The van der Waals surface area contributed by atoms with E-state index < -0.39 is 16.8 Å². The van der Waals surface area contributed by atoms with Crippen molar-refractivity contribution in [3.63, 3.8) is 0 Å². The van der Waals surface area contributed by atoms with Crippen molar-refractivity contribution in [2.45, 2.75) is 32.6 Å². The molecule has 0 spiro atoms. The maximum Gasteiger partial charge on any atom is 0.383 e. The van der Waals surface area contributed by atoms with E-state index in [4.69, 9.17) is 11.2 Å². The lowest BCUT2D eigenvalue weighted by Crippen LogP contribution is -2.27. The fourth-order valence-electron chi connectivity index (χ4n) is 2.07. The van der Waals surface area contributed by atoms with Gasteiger partial charge in [0.1, 0.15) is 5.84 Å². The summed E-state index contributed by atoms with van der Waals surface area (Å²) >= 11 is 6.12. The number of sulfonamides is 1. The second kappa shape index (κ2) is 5.87. The van der Waals surface area contributed by atoms with Gasteiger partial charge >= 0.3 is 6.80 Å². The molecular weight excluding hydrogens is 345 g/mol. The highest BCUT2D eigenvalue weighted by Crippen LogP contribution is 2.63. The molecule has 1 unspecified atom stereocenters. The quantitative estimate of drug-likeness (QED) is 0.766. The zero-order valence-corrected chi connectivity index (χ0v) is 15.4. The van der Waals surface area contributed by atoms with Gasteiger partial charge in [-0.25, -0.2) is 0 Å². The van der Waals surface area contributed by atoms with E-state index in [2.05, 4.69) is 5.10 Å². The third-order valence-electron chi connectivity index (χ3n) is 3.18. The van der Waals surface area contributed by atoms with Gasteiger partial charge in [0.15, 0.2) is 0 Å². The largest absolute Gasteiger partial charge is 0.383 e. The van der Waals surface area contributed by atoms with Crippen LogP contribution in [0.5, 0.6) is 0 Å². The van der Waals surface area contributed by atoms with E-state index >= 15 is 0 Å². The first-order chi connectivity index (χ1) is 10.1. The fraction of sp³-hybridized carbons (Fsp3) is 0.462. The molecule has 0 bridgehead atoms. The van der Waals surface area contributed by atoms with Crippen LogP contribution in [0.1, 0.15) is 26.3 Å². The van der Waals surface area contributed by atoms with Crippen molar-refractivity contribution in [2.24, 2.45) is 11.0 Å². The number of hydrogen-bond donors (Lipinski definition) is 0. The Morgan fingerprint density at radius 1 is 1.23 bits per heavy atom. The summed E-state index contributed by atoms with van der Waals surface area (Å²) in [6.45, 7) is 3.86. The minimum atomic E-state index is -4.06. The van der Waals surface area contributed by atoms with Crippen LogP contribution in [-0.4, -0.2) is 29.7 Å². The Morgan fingerprint density at radius 3 is 2.27 bits per heavy atom. The molecular formula is C13H19ClN3O3PS. The number of nitrogens with zero attached hydrogens (tertiary/aromatic N) is 3. The molecule has 9 heteroatoms. The summed E-state index contributed by atoms with van der Waals surface area (Å²) in [5.41, 5.74) is 0.926. The third-order valence-corrected chi connectivity index (χ3v) is 8.68. The zero-order valence-electron chi connectivity index (χ0n) is 12.9. The SMILES string of the molecule is CC1=NN(S(=O)(=O)c2ccc(C)cc2)P(=O)(Cl)N1CC(C)C. The minimum Gasteiger partial charge on any atom is -0.279 e. The topological polar surface area (TPSA) is 70.0 Å². The molecule has 1 aromatic carbocycles. The maximum atomic E-state index is 12.8. The maximum absolute atomic E-state index is 12.8. The van der Waals surface area contributed by atoms with Crippen molar-refractivity contribution in [3.05, 3.63) is 29.8 Å². The van der Waals surface area contributed by atoms with Crippen molar-refractivity contribution < 1.29 is 13.0 Å². The molecule has 0 radical (unpaired) electrons. The summed E-state index contributed by atoms with van der Waals surface area (Å²) in [5, 5.41) is 3.94. The number of aryl methyl sites for hydroxylation is 1. The molecule has 1 aliphatic heterocycles. The van der Waals surface area contributed by atoms with Crippen LogP contribution in [0.15, 0.2) is 34.3 Å². The highest BCUT2D eigenvalue weighted by molar-refractivity contribution is 8.01. The summed E-state index contributed by atoms with van der Waals surface area (Å²) in [5.74, 6) is 0.502. The summed E-state index contributed by atoms with van der Waals surface area (Å²) in [4.78, 5) is 0.0157. The second-order valence-corrected chi connectivity index (χ2v) is 10.8. The van der Waals surface area contributed by atoms with Gasteiger partial charge in [-0.2, -0.15) is 8.42 Å². The van der Waals surface area contributed by atoms with Gasteiger partial charge in [-0.15, -0.1) is 5.10 Å². The van der Waals surface area contributed by atoms with Gasteiger partial charge in [-0.1, -0.05) is 35.7 Å². The number of amidine groups is 1. The molecule has 22 heavy (non-hydrogen) atoms. The van der Waals surface area contributed by atoms with Crippen LogP contribution in [0.2, 0.25) is 0 Å². The Morgan fingerprint density at radius 2 is 1.77 bits per heavy atom. The van der Waals surface area contributed by atoms with Gasteiger partial charge in [0.2, 0.25) is 0 Å². The highest BCUT2D eigenvalue weighted by Gasteiger charge is 2.48. The van der Waals surface area contributed by atoms with E-state index in [0.717, 1.165) is 5.56 Å². The van der Waals surface area contributed by atoms with Crippen LogP contribution in [0.25, 0.3) is 0 Å². The van der Waals surface area contributed by atoms with E-state index in [1.54, 1.807) is 19.1 Å². The molecule has 0 N–H and O–H groups in total. The molecule has 0 aliphatic carbocycles. The average Bonchev–Trinajstić information content (AvgIpc) is 2.63. The predicted octanol–water partition coefficient (Wildman–Crippen LogP) is 3.64. The lowest BCUT2D eigenvalue weighted by Gasteiger charge is -2.26. The summed E-state index contributed by atoms with van der Waals surface area (Å²) < 4.78 is 40.1. The van der Waals surface area contributed by atoms with Gasteiger partial charge in [-0.3, -0.25) is 9.24 Å². The second-order valence-electron chi connectivity index (χ2n) is 5.64. The molecule has 0 aromatic heterocycles. The number of rotatable bonds is 4. The molecule has 0 saturated carbocycles. The Labute approximate surface area is 136 Å². The summed E-state index contributed by atoms with van der Waals surface area (Å²) in [6, 6.07) is 6.25. The summed E-state index contributed by atoms with van der Waals surface area (Å²) in [7, 11) is -4.06. The first-order valence-corrected chi connectivity index (χ1v) is 10.8. The Kier molecular flexibility index (Phi) is 4.62. The molecule has 0 amide bonds. The molecule has 122 valence electrons. The van der Waals surface area contributed by atoms with Gasteiger partial charge in [-0.05, 0) is 43.1 Å². The Balaban J connectivity index is 2.44. The van der Waals surface area contributed by atoms with Crippen LogP contribution in [0.4, 0.5) is 0 Å². The zero-order chi connectivity index (χ0) is 16.7. The summed E-state index contributed by atoms with van der Waals surface area (Å²) in [6.07, 6.45) is 0. The number of benzene rings is 1. The third kappa shape index (κ3) is 3.03. The molecule has 1 aromatic rings. The van der Waals surface area contributed by atoms with Crippen LogP contribution < -0.4 is 0 Å². The molecule has 1 aliphatic rings. The predicted molar refractivity (Wildman–Crippen MR) is 88.3 cm³/mol. The lowest BCUT2D eigenvalue weighted by atomic mass is 10.2. The number of hydrogen-bond acceptors (Lipinski definition) is 4. The molecule has 1 atom stereocenters. The van der Waals surface area contributed by atoms with E-state index in [1.165, 1.54) is 16.8 Å². The molecule has 0 fully saturated rings. The fourth-order valence-corrected chi connectivity index (χ4v) is 7.27. The smallest absolute Gasteiger partial charge is 0.279 e. The van der Waals surface area contributed by atoms with Crippen molar-refractivity contribution in [2.75, 3.05) is 6.54 Å². The standard InChI is InChI=1S/C13H19ClN3O3PS/c1-10(2)9-16-12(4)15-17(21(16,14)18)22(19,20)13-7-5-11(3)6-8-13/h5-8,10H,9H2,1-4H3. The lowest BCUT2D eigenvalue weighted by molar-refractivity contribution is 0.463. The number of halogens is 1. The Hall–Kier alpha value is -1.04. The molecule has 0 saturated heterocycles. The van der Waals surface area contributed by atoms with Crippen molar-refractivity contribution in [1.29, 1.82) is 0 Å². The van der Waals surface area contributed by atoms with Crippen LogP contribution in [-0.2, 0) is 14.6 Å². The Bertz CT molecular complexity index is 746. The minimum absolute atomic E-state index is 0.0157. The van der Waals surface area contributed by atoms with Crippen molar-refractivity contribution >= 4 is 33.9 Å². The molecule has 1 heterocycles.